The minimum atomic E-state index is 0. The molecule has 0 fully saturated rings. The topological polar surface area (TPSA) is 34.0 Å². The maximum atomic E-state index is 7.09. The van der Waals surface area contributed by atoms with Gasteiger partial charge < -0.3 is 4.98 Å². The van der Waals surface area contributed by atoms with E-state index >= 15 is 0 Å². The number of aromatic nitrogens is 3. The van der Waals surface area contributed by atoms with Gasteiger partial charge in [0.25, 0.3) is 0 Å². The first-order valence-electron chi connectivity index (χ1n) is 12.7. The van der Waals surface area contributed by atoms with Crippen LogP contribution >= 0.6 is 0 Å². The van der Waals surface area contributed by atoms with Crippen molar-refractivity contribution in [3.05, 3.63) is 157 Å². The van der Waals surface area contributed by atoms with Crippen LogP contribution < -0.4 is 4.57 Å². The molecule has 0 atom stereocenters. The summed E-state index contributed by atoms with van der Waals surface area (Å²) in [5.41, 5.74) is 11.0. The Hall–Kier alpha value is -4.75. The van der Waals surface area contributed by atoms with Crippen molar-refractivity contribution in [1.82, 2.24) is 9.97 Å². The van der Waals surface area contributed by atoms with Crippen LogP contribution in [0, 0.1) is 12.6 Å². The van der Waals surface area contributed by atoms with E-state index < -0.39 is 0 Å². The van der Waals surface area contributed by atoms with Crippen LogP contribution in [0.2, 0.25) is 0 Å². The molecule has 6 aromatic rings. The molecule has 3 aromatic heterocycles. The fraction of sp³-hybridized carbons (Fsp3) is 0.0286. The van der Waals surface area contributed by atoms with Crippen LogP contribution in [0.25, 0.3) is 49.6 Å². The Morgan fingerprint density at radius 1 is 0.750 bits per heavy atom. The van der Waals surface area contributed by atoms with E-state index in [1.54, 1.807) is 6.20 Å². The van der Waals surface area contributed by atoms with Crippen molar-refractivity contribution in [3.8, 4) is 44.8 Å². The minimum absolute atomic E-state index is 0. The van der Waals surface area contributed by atoms with Gasteiger partial charge in [-0.2, -0.15) is 4.57 Å². The van der Waals surface area contributed by atoms with Crippen LogP contribution in [0.5, 0.6) is 0 Å². The van der Waals surface area contributed by atoms with Gasteiger partial charge in [0.2, 0.25) is 5.69 Å². The molecule has 193 valence electrons. The van der Waals surface area contributed by atoms with Gasteiger partial charge in [-0.05, 0) is 41.1 Å². The molecule has 0 bridgehead atoms. The molecule has 4 nitrogen and oxygen atoms in total. The van der Waals surface area contributed by atoms with E-state index in [1.165, 1.54) is 27.9 Å². The summed E-state index contributed by atoms with van der Waals surface area (Å²) in [6, 6.07) is 39.7. The van der Waals surface area contributed by atoms with Crippen molar-refractivity contribution in [2.45, 2.75) is 6.54 Å². The Morgan fingerprint density at radius 3 is 2.42 bits per heavy atom. The van der Waals surface area contributed by atoms with E-state index in [1.807, 2.05) is 79.1 Å². The third-order valence-electron chi connectivity index (χ3n) is 6.71. The smallest absolute Gasteiger partial charge is 0.213 e. The second-order valence-corrected chi connectivity index (χ2v) is 9.20. The maximum absolute atomic E-state index is 7.09. The SMILES string of the molecule is [C-]#[N+]c1cccc(-c2cc[c-]c(-c3ccccn3)c2)c1.[Ir].c1cncc(-c2ccc3c(c2)-c2cccc[n+]2C3)c1. The van der Waals surface area contributed by atoms with Gasteiger partial charge in [-0.3, -0.25) is 4.98 Å². The Balaban J connectivity index is 0.000000157. The van der Waals surface area contributed by atoms with Gasteiger partial charge in [0.05, 0.1) is 12.1 Å². The third-order valence-corrected chi connectivity index (χ3v) is 6.71. The first-order valence-corrected chi connectivity index (χ1v) is 12.7. The zero-order valence-electron chi connectivity index (χ0n) is 21.5. The van der Waals surface area contributed by atoms with Crippen molar-refractivity contribution in [2.24, 2.45) is 0 Å². The van der Waals surface area contributed by atoms with Crippen LogP contribution in [-0.4, -0.2) is 9.97 Å². The Kier molecular flexibility index (Phi) is 8.32. The normalized spacial score (nSPS) is 10.7. The molecule has 0 amide bonds. The second kappa shape index (κ2) is 12.4. The van der Waals surface area contributed by atoms with Gasteiger partial charge in [-0.1, -0.05) is 54.6 Å². The van der Waals surface area contributed by atoms with Gasteiger partial charge in [0.15, 0.2) is 18.4 Å². The fourth-order valence-corrected chi connectivity index (χ4v) is 4.78. The molecule has 7 rings (SSSR count). The van der Waals surface area contributed by atoms with E-state index in [0.717, 1.165) is 28.9 Å². The van der Waals surface area contributed by atoms with Gasteiger partial charge in [0, 0.05) is 62.0 Å². The number of fused-ring (bicyclic) bond motifs is 3. The molecule has 1 aliphatic rings. The molecular formula is C35H24IrN4. The monoisotopic (exact) mass is 693 g/mol. The van der Waals surface area contributed by atoms with E-state index in [2.05, 4.69) is 74.1 Å². The fourth-order valence-electron chi connectivity index (χ4n) is 4.78. The van der Waals surface area contributed by atoms with Crippen LogP contribution in [0.4, 0.5) is 5.69 Å². The zero-order chi connectivity index (χ0) is 26.4. The summed E-state index contributed by atoms with van der Waals surface area (Å²) in [5, 5.41) is 0. The van der Waals surface area contributed by atoms with Crippen molar-refractivity contribution >= 4 is 5.69 Å². The summed E-state index contributed by atoms with van der Waals surface area (Å²) in [7, 11) is 0. The summed E-state index contributed by atoms with van der Waals surface area (Å²) in [4.78, 5) is 12.0. The van der Waals surface area contributed by atoms with Crippen molar-refractivity contribution in [1.29, 1.82) is 0 Å². The first kappa shape index (κ1) is 26.8. The number of hydrogen-bond acceptors (Lipinski definition) is 2. The van der Waals surface area contributed by atoms with E-state index in [9.17, 15) is 0 Å². The van der Waals surface area contributed by atoms with E-state index in [-0.39, 0.29) is 20.1 Å². The van der Waals surface area contributed by atoms with Crippen LogP contribution in [0.1, 0.15) is 5.56 Å². The predicted molar refractivity (Wildman–Crippen MR) is 155 cm³/mol. The van der Waals surface area contributed by atoms with Crippen LogP contribution in [-0.2, 0) is 26.7 Å². The van der Waals surface area contributed by atoms with Crippen molar-refractivity contribution < 1.29 is 24.7 Å². The molecule has 1 aliphatic heterocycles. The molecular weight excluding hydrogens is 669 g/mol. The first-order chi connectivity index (χ1) is 19.3. The summed E-state index contributed by atoms with van der Waals surface area (Å²) in [6.07, 6.45) is 7.63. The summed E-state index contributed by atoms with van der Waals surface area (Å²) < 4.78 is 2.29. The Bertz CT molecular complexity index is 1790. The molecule has 0 aliphatic carbocycles. The second-order valence-electron chi connectivity index (χ2n) is 9.20. The number of benzene rings is 3. The molecule has 4 heterocycles. The largest absolute Gasteiger partial charge is 0.305 e. The quantitative estimate of drug-likeness (QED) is 0.140. The van der Waals surface area contributed by atoms with E-state index in [4.69, 9.17) is 6.57 Å². The molecule has 0 spiro atoms. The van der Waals surface area contributed by atoms with Gasteiger partial charge >= 0.3 is 0 Å². The number of nitrogens with zero attached hydrogens (tertiary/aromatic N) is 4. The average Bonchev–Trinajstić information content (AvgIpc) is 3.40. The molecule has 3 aromatic carbocycles. The molecule has 5 heteroatoms. The standard InChI is InChI=1S/C18H11N2.C17H13N2.Ir/c1-19-17-9-5-7-15(13-17)14-6-4-8-16(12-14)18-10-2-3-11-20-18;1-2-9-19-12-15-7-6-13(10-16(15)17(19)5-1)14-4-3-8-18-11-14;/h2-7,9-13H;1-11H,12H2;/q-1;+1;. The zero-order valence-corrected chi connectivity index (χ0v) is 23.9. The number of hydrogen-bond donors (Lipinski definition) is 0. The van der Waals surface area contributed by atoms with Crippen molar-refractivity contribution in [2.75, 3.05) is 0 Å². The molecule has 0 N–H and O–H groups in total. The van der Waals surface area contributed by atoms with Crippen LogP contribution in [0.15, 0.2) is 134 Å². The Morgan fingerprint density at radius 2 is 1.60 bits per heavy atom. The minimum Gasteiger partial charge on any atom is -0.305 e. The molecule has 1 radical (unpaired) electrons. The average molecular weight is 693 g/mol. The molecule has 40 heavy (non-hydrogen) atoms. The molecule has 0 saturated carbocycles. The van der Waals surface area contributed by atoms with E-state index in [0.29, 0.717) is 5.69 Å². The third kappa shape index (κ3) is 5.79. The number of pyridine rings is 3. The van der Waals surface area contributed by atoms with Gasteiger partial charge in [-0.25, -0.2) is 4.85 Å². The number of rotatable bonds is 3. The van der Waals surface area contributed by atoms with Gasteiger partial charge in [0.1, 0.15) is 0 Å². The summed E-state index contributed by atoms with van der Waals surface area (Å²) >= 11 is 0. The van der Waals surface area contributed by atoms with Crippen LogP contribution in [0.3, 0.4) is 0 Å². The molecule has 0 unspecified atom stereocenters. The van der Waals surface area contributed by atoms with Crippen molar-refractivity contribution in [3.63, 3.8) is 0 Å². The summed E-state index contributed by atoms with van der Waals surface area (Å²) in [6.45, 7) is 8.06. The Labute approximate surface area is 247 Å². The molecule has 0 saturated heterocycles. The predicted octanol–water partition coefficient (Wildman–Crippen LogP) is 7.83. The maximum Gasteiger partial charge on any atom is 0.213 e. The van der Waals surface area contributed by atoms with Gasteiger partial charge in [-0.15, -0.1) is 35.4 Å². The summed E-state index contributed by atoms with van der Waals surface area (Å²) in [5.74, 6) is 0.